The maximum atomic E-state index is 12.0. The van der Waals surface area contributed by atoms with Gasteiger partial charge in [0.15, 0.2) is 5.75 Å². The van der Waals surface area contributed by atoms with Crippen molar-refractivity contribution in [3.8, 4) is 5.75 Å². The number of amides is 2. The highest BCUT2D eigenvalue weighted by molar-refractivity contribution is 6.37. The molecule has 0 bridgehead atoms. The van der Waals surface area contributed by atoms with Crippen LogP contribution >= 0.6 is 23.2 Å². The smallest absolute Gasteiger partial charge is 0.343 e. The number of hydrazone groups is 1. The number of benzene rings is 2. The van der Waals surface area contributed by atoms with Gasteiger partial charge in [0.05, 0.1) is 21.8 Å². The number of urea groups is 1. The zero-order valence-electron chi connectivity index (χ0n) is 11.6. The van der Waals surface area contributed by atoms with Crippen molar-refractivity contribution in [3.63, 3.8) is 0 Å². The van der Waals surface area contributed by atoms with Crippen LogP contribution in [0.3, 0.4) is 0 Å². The summed E-state index contributed by atoms with van der Waals surface area (Å²) in [6.45, 7) is 0. The van der Waals surface area contributed by atoms with Gasteiger partial charge in [-0.3, -0.25) is 0 Å². The van der Waals surface area contributed by atoms with Gasteiger partial charge in [-0.25, -0.2) is 15.0 Å². The topological polar surface area (TPSA) is 93.8 Å². The maximum absolute atomic E-state index is 12.0. The van der Waals surface area contributed by atoms with Crippen LogP contribution in [-0.4, -0.2) is 18.2 Å². The van der Waals surface area contributed by atoms with Crippen LogP contribution in [-0.2, 0) is 0 Å². The van der Waals surface area contributed by atoms with Crippen LogP contribution in [0.4, 0.5) is 4.79 Å². The summed E-state index contributed by atoms with van der Waals surface area (Å²) in [7, 11) is 0. The summed E-state index contributed by atoms with van der Waals surface area (Å²) in [6, 6.07) is 10.6. The second-order valence-electron chi connectivity index (χ2n) is 4.30. The molecule has 23 heavy (non-hydrogen) atoms. The molecule has 3 N–H and O–H groups in total. The number of halogens is 2. The number of carbonyl (C=O) groups excluding carboxylic acids is 2. The van der Waals surface area contributed by atoms with E-state index >= 15 is 0 Å². The Labute approximate surface area is 141 Å². The minimum absolute atomic E-state index is 0.0437. The summed E-state index contributed by atoms with van der Waals surface area (Å²) >= 11 is 12.1. The molecule has 0 spiro atoms. The van der Waals surface area contributed by atoms with Crippen molar-refractivity contribution in [3.05, 3.63) is 63.6 Å². The summed E-state index contributed by atoms with van der Waals surface area (Å²) in [4.78, 5) is 22.5. The number of nitrogens with zero attached hydrogens (tertiary/aromatic N) is 1. The van der Waals surface area contributed by atoms with E-state index in [0.717, 1.165) is 0 Å². The van der Waals surface area contributed by atoms with E-state index < -0.39 is 12.0 Å². The zero-order chi connectivity index (χ0) is 16.8. The molecule has 0 heterocycles. The second kappa shape index (κ2) is 7.62. The molecule has 118 valence electrons. The number of esters is 1. The highest BCUT2D eigenvalue weighted by Crippen LogP contribution is 2.34. The number of nitrogens with two attached hydrogens (primary N) is 1. The molecule has 2 aromatic rings. The first-order chi connectivity index (χ1) is 11.0. The molecule has 2 amide bonds. The van der Waals surface area contributed by atoms with E-state index in [0.29, 0.717) is 11.1 Å². The summed E-state index contributed by atoms with van der Waals surface area (Å²) in [6.07, 6.45) is 1.30. The zero-order valence-corrected chi connectivity index (χ0v) is 13.1. The summed E-state index contributed by atoms with van der Waals surface area (Å²) < 4.78 is 5.22. The van der Waals surface area contributed by atoms with Gasteiger partial charge in [0.25, 0.3) is 0 Å². The molecule has 0 saturated carbocycles. The van der Waals surface area contributed by atoms with Crippen LogP contribution in [0.15, 0.2) is 47.6 Å². The number of nitrogens with one attached hydrogen (secondary N) is 1. The van der Waals surface area contributed by atoms with Crippen LogP contribution in [0.25, 0.3) is 0 Å². The van der Waals surface area contributed by atoms with Crippen LogP contribution in [0.5, 0.6) is 5.75 Å². The predicted molar refractivity (Wildman–Crippen MR) is 88.2 cm³/mol. The largest absolute Gasteiger partial charge is 0.420 e. The standard InChI is InChI=1S/C15H11Cl2N3O3/c16-11-6-9(8-19-20-15(18)22)7-12(17)13(11)23-14(21)10-4-2-1-3-5-10/h1-8H,(H3,18,20,22)/b19-8-. The van der Waals surface area contributed by atoms with Crippen LogP contribution in [0.2, 0.25) is 10.0 Å². The second-order valence-corrected chi connectivity index (χ2v) is 5.12. The van der Waals surface area contributed by atoms with Gasteiger partial charge >= 0.3 is 12.0 Å². The average Bonchev–Trinajstić information content (AvgIpc) is 2.51. The number of carbonyl (C=O) groups is 2. The molecule has 8 heteroatoms. The van der Waals surface area contributed by atoms with Crippen molar-refractivity contribution in [1.29, 1.82) is 0 Å². The molecular weight excluding hydrogens is 341 g/mol. The van der Waals surface area contributed by atoms with Gasteiger partial charge in [-0.2, -0.15) is 5.10 Å². The SMILES string of the molecule is NC(=O)N/N=C\c1cc(Cl)c(OC(=O)c2ccccc2)c(Cl)c1. The molecular formula is C15H11Cl2N3O3. The molecule has 0 aliphatic heterocycles. The van der Waals surface area contributed by atoms with E-state index in [2.05, 4.69) is 5.10 Å². The monoisotopic (exact) mass is 351 g/mol. The molecule has 0 aliphatic rings. The quantitative estimate of drug-likeness (QED) is 0.383. The van der Waals surface area contributed by atoms with Crippen molar-refractivity contribution >= 4 is 41.4 Å². The van der Waals surface area contributed by atoms with Gasteiger partial charge in [0.2, 0.25) is 0 Å². The molecule has 0 radical (unpaired) electrons. The highest BCUT2D eigenvalue weighted by Gasteiger charge is 2.15. The number of rotatable bonds is 4. The van der Waals surface area contributed by atoms with E-state index in [1.54, 1.807) is 30.3 Å². The Morgan fingerprint density at radius 1 is 1.13 bits per heavy atom. The fourth-order valence-corrected chi connectivity index (χ4v) is 2.23. The fraction of sp³-hybridized carbons (Fsp3) is 0. The number of ether oxygens (including phenoxy) is 1. The Kier molecular flexibility index (Phi) is 5.56. The Hall–Kier alpha value is -2.57. The first kappa shape index (κ1) is 16.8. The van der Waals surface area contributed by atoms with Crippen LogP contribution in [0.1, 0.15) is 15.9 Å². The first-order valence-corrected chi connectivity index (χ1v) is 7.07. The average molecular weight is 352 g/mol. The summed E-state index contributed by atoms with van der Waals surface area (Å²) in [5, 5.41) is 3.84. The lowest BCUT2D eigenvalue weighted by atomic mass is 10.2. The molecule has 6 nitrogen and oxygen atoms in total. The molecule has 0 aliphatic carbocycles. The Morgan fingerprint density at radius 2 is 1.74 bits per heavy atom. The minimum atomic E-state index is -0.799. The van der Waals surface area contributed by atoms with E-state index in [9.17, 15) is 9.59 Å². The third-order valence-electron chi connectivity index (χ3n) is 2.61. The maximum Gasteiger partial charge on any atom is 0.343 e. The Balaban J connectivity index is 2.19. The lowest BCUT2D eigenvalue weighted by Crippen LogP contribution is -2.24. The van der Waals surface area contributed by atoms with Crippen LogP contribution < -0.4 is 15.9 Å². The van der Waals surface area contributed by atoms with Gasteiger partial charge in [0, 0.05) is 0 Å². The number of hydrogen-bond donors (Lipinski definition) is 2. The Bertz CT molecular complexity index is 741. The van der Waals surface area contributed by atoms with Crippen LogP contribution in [0, 0.1) is 0 Å². The fourth-order valence-electron chi connectivity index (χ4n) is 1.65. The van der Waals surface area contributed by atoms with Crippen molar-refractivity contribution in [2.24, 2.45) is 10.8 Å². The van der Waals surface area contributed by atoms with E-state index in [-0.39, 0.29) is 15.8 Å². The lowest BCUT2D eigenvalue weighted by Gasteiger charge is -2.09. The minimum Gasteiger partial charge on any atom is -0.420 e. The Morgan fingerprint density at radius 3 is 2.30 bits per heavy atom. The molecule has 0 fully saturated rings. The van der Waals surface area contributed by atoms with E-state index in [1.165, 1.54) is 18.3 Å². The third-order valence-corrected chi connectivity index (χ3v) is 3.17. The molecule has 0 atom stereocenters. The predicted octanol–water partition coefficient (Wildman–Crippen LogP) is 3.21. The molecule has 2 rings (SSSR count). The summed E-state index contributed by atoms with van der Waals surface area (Å²) in [5.74, 6) is -0.534. The highest BCUT2D eigenvalue weighted by atomic mass is 35.5. The van der Waals surface area contributed by atoms with Gasteiger partial charge in [-0.05, 0) is 29.8 Å². The summed E-state index contributed by atoms with van der Waals surface area (Å²) in [5.41, 5.74) is 7.78. The van der Waals surface area contributed by atoms with Crippen molar-refractivity contribution in [2.45, 2.75) is 0 Å². The van der Waals surface area contributed by atoms with E-state index in [1.807, 2.05) is 5.43 Å². The van der Waals surface area contributed by atoms with Crippen molar-refractivity contribution in [1.82, 2.24) is 5.43 Å². The van der Waals surface area contributed by atoms with Gasteiger partial charge < -0.3 is 10.5 Å². The normalized spacial score (nSPS) is 10.5. The molecule has 2 aromatic carbocycles. The van der Waals surface area contributed by atoms with Gasteiger partial charge in [-0.15, -0.1) is 0 Å². The lowest BCUT2D eigenvalue weighted by molar-refractivity contribution is 0.0735. The number of primary amides is 1. The van der Waals surface area contributed by atoms with Crippen molar-refractivity contribution in [2.75, 3.05) is 0 Å². The molecule has 0 saturated heterocycles. The molecule has 0 unspecified atom stereocenters. The van der Waals surface area contributed by atoms with Gasteiger partial charge in [0.1, 0.15) is 0 Å². The van der Waals surface area contributed by atoms with E-state index in [4.69, 9.17) is 33.7 Å². The first-order valence-electron chi connectivity index (χ1n) is 6.32. The van der Waals surface area contributed by atoms with Gasteiger partial charge in [-0.1, -0.05) is 41.4 Å². The van der Waals surface area contributed by atoms with Crippen molar-refractivity contribution < 1.29 is 14.3 Å². The third kappa shape index (κ3) is 4.70. The number of hydrogen-bond acceptors (Lipinski definition) is 4. The molecule has 0 aromatic heterocycles.